The van der Waals surface area contributed by atoms with Crippen molar-refractivity contribution >= 4 is 18.2 Å². The molecule has 0 aliphatic heterocycles. The highest BCUT2D eigenvalue weighted by atomic mass is 16.5. The third-order valence-electron chi connectivity index (χ3n) is 4.67. The van der Waals surface area contributed by atoms with Crippen molar-refractivity contribution in [2.24, 2.45) is 5.10 Å². The molecule has 3 aromatic rings. The second-order valence-electron chi connectivity index (χ2n) is 7.13. The lowest BCUT2D eigenvalue weighted by Crippen LogP contribution is -2.47. The Balaban J connectivity index is 1.61. The molecule has 0 radical (unpaired) electrons. The Morgan fingerprint density at radius 1 is 1.23 bits per heavy atom. The zero-order valence-corrected chi connectivity index (χ0v) is 18.9. The van der Waals surface area contributed by atoms with E-state index in [0.717, 1.165) is 5.56 Å². The summed E-state index contributed by atoms with van der Waals surface area (Å²) in [5, 5.41) is 15.2. The van der Waals surface area contributed by atoms with Crippen molar-refractivity contribution in [1.29, 1.82) is 5.26 Å². The summed E-state index contributed by atoms with van der Waals surface area (Å²) in [4.78, 5) is 31.9. The van der Waals surface area contributed by atoms with Crippen molar-refractivity contribution in [3.63, 3.8) is 0 Å². The molecule has 1 heterocycles. The van der Waals surface area contributed by atoms with Crippen LogP contribution in [0.3, 0.4) is 0 Å². The number of hydrogen-bond donors (Lipinski definition) is 3. The number of benzene rings is 2. The Kier molecular flexibility index (Phi) is 9.21. The van der Waals surface area contributed by atoms with Crippen LogP contribution in [-0.4, -0.2) is 47.9 Å². The van der Waals surface area contributed by atoms with Gasteiger partial charge in [-0.2, -0.15) is 10.4 Å². The van der Waals surface area contributed by atoms with Gasteiger partial charge < -0.3 is 24.5 Å². The molecule has 11 heteroatoms. The molecule has 0 aliphatic carbocycles. The number of ether oxygens (including phenoxy) is 3. The molecule has 1 aromatic heterocycles. The molecule has 0 spiro atoms. The van der Waals surface area contributed by atoms with Crippen LogP contribution in [0.2, 0.25) is 0 Å². The molecule has 180 valence electrons. The summed E-state index contributed by atoms with van der Waals surface area (Å²) in [6.45, 7) is -0.0442. The monoisotopic (exact) mass is 476 g/mol. The van der Waals surface area contributed by atoms with Gasteiger partial charge in [0.2, 0.25) is 0 Å². The third-order valence-corrected chi connectivity index (χ3v) is 4.67. The van der Waals surface area contributed by atoms with Gasteiger partial charge in [0.05, 0.1) is 19.7 Å². The molecule has 0 unspecified atom stereocenters. The largest absolute Gasteiger partial charge is 0.493 e. The minimum atomic E-state index is -0.966. The average molecular weight is 476 g/mol. The van der Waals surface area contributed by atoms with E-state index in [4.69, 9.17) is 19.5 Å². The predicted octanol–water partition coefficient (Wildman–Crippen LogP) is 2.31. The molecule has 1 atom stereocenters. The molecule has 0 bridgehead atoms. The first-order valence-corrected chi connectivity index (χ1v) is 10.5. The first-order valence-electron chi connectivity index (χ1n) is 10.5. The molecule has 0 saturated heterocycles. The van der Waals surface area contributed by atoms with Gasteiger partial charge in [-0.3, -0.25) is 4.79 Å². The summed E-state index contributed by atoms with van der Waals surface area (Å²) >= 11 is 0. The molecule has 11 nitrogen and oxygen atoms in total. The molecule has 0 aliphatic rings. The van der Waals surface area contributed by atoms with Crippen molar-refractivity contribution in [3.05, 3.63) is 77.9 Å². The number of hydrazone groups is 1. The summed E-state index contributed by atoms with van der Waals surface area (Å²) in [6.07, 6.45) is 3.86. The number of methoxy groups -OCH3 is 1. The molecule has 2 amide bonds. The molecule has 3 rings (SSSR count). The molecular weight excluding hydrogens is 452 g/mol. The third kappa shape index (κ3) is 7.90. The van der Waals surface area contributed by atoms with Crippen LogP contribution in [0, 0.1) is 11.3 Å². The number of nitrogens with one attached hydrogen (secondary N) is 3. The molecule has 35 heavy (non-hydrogen) atoms. The van der Waals surface area contributed by atoms with Gasteiger partial charge in [-0.15, -0.1) is 0 Å². The van der Waals surface area contributed by atoms with Gasteiger partial charge >= 0.3 is 6.09 Å². The van der Waals surface area contributed by atoms with E-state index in [1.165, 1.54) is 19.7 Å². The second kappa shape index (κ2) is 13.0. The first-order chi connectivity index (χ1) is 17.1. The number of aromatic nitrogens is 2. The fourth-order valence-corrected chi connectivity index (χ4v) is 2.97. The van der Waals surface area contributed by atoms with Gasteiger partial charge in [0.25, 0.3) is 5.91 Å². The van der Waals surface area contributed by atoms with Gasteiger partial charge in [0, 0.05) is 18.3 Å². The number of H-pyrrole nitrogens is 1. The first kappa shape index (κ1) is 24.8. The van der Waals surface area contributed by atoms with Crippen LogP contribution in [0.25, 0.3) is 0 Å². The molecule has 2 aromatic carbocycles. The number of alkyl carbamates (subject to hydrolysis) is 1. The number of hydrogen-bond acceptors (Lipinski definition) is 8. The van der Waals surface area contributed by atoms with Gasteiger partial charge in [-0.25, -0.2) is 15.2 Å². The number of nitrogens with zero attached hydrogens (tertiary/aromatic N) is 3. The minimum absolute atomic E-state index is 0.0686. The molecule has 0 fully saturated rings. The number of nitriles is 1. The standard InChI is InChI=1S/C24H24N6O5/c1-33-22-11-18(7-8-21(22)34-10-9-25)13-28-30-23(31)20(12-19-14-26-16-27-19)29-24(32)35-15-17-5-3-2-4-6-17/h2-8,11,13-14,16,20H,10,12,15H2,1H3,(H,26,27)(H,29,32)(H,30,31)/b28-13-/t20-/m0/s1. The number of carbonyl (C=O) groups is 2. The zero-order valence-electron chi connectivity index (χ0n) is 18.9. The van der Waals surface area contributed by atoms with E-state index >= 15 is 0 Å². The summed E-state index contributed by atoms with van der Waals surface area (Å²) < 4.78 is 15.8. The van der Waals surface area contributed by atoms with E-state index in [-0.39, 0.29) is 19.6 Å². The quantitative estimate of drug-likeness (QED) is 0.284. The van der Waals surface area contributed by atoms with Gasteiger partial charge in [-0.1, -0.05) is 30.3 Å². The van der Waals surface area contributed by atoms with Gasteiger partial charge in [0.15, 0.2) is 18.1 Å². The number of amides is 2. The van der Waals surface area contributed by atoms with E-state index in [1.807, 2.05) is 36.4 Å². The second-order valence-corrected chi connectivity index (χ2v) is 7.13. The van der Waals surface area contributed by atoms with Crippen LogP contribution in [0.4, 0.5) is 4.79 Å². The van der Waals surface area contributed by atoms with Crippen LogP contribution in [-0.2, 0) is 22.6 Å². The lowest BCUT2D eigenvalue weighted by molar-refractivity contribution is -0.123. The van der Waals surface area contributed by atoms with Gasteiger partial charge in [0.1, 0.15) is 18.7 Å². The maximum Gasteiger partial charge on any atom is 0.408 e. The highest BCUT2D eigenvalue weighted by molar-refractivity contribution is 5.87. The minimum Gasteiger partial charge on any atom is -0.493 e. The summed E-state index contributed by atoms with van der Waals surface area (Å²) in [5.74, 6) is 0.275. The van der Waals surface area contributed by atoms with Crippen LogP contribution < -0.4 is 20.2 Å². The maximum absolute atomic E-state index is 12.8. The number of imidazole rings is 1. The van der Waals surface area contributed by atoms with E-state index in [2.05, 4.69) is 25.8 Å². The van der Waals surface area contributed by atoms with Crippen molar-refractivity contribution in [3.8, 4) is 17.6 Å². The van der Waals surface area contributed by atoms with Crippen molar-refractivity contribution < 1.29 is 23.8 Å². The number of carbonyl (C=O) groups excluding carboxylic acids is 2. The fourth-order valence-electron chi connectivity index (χ4n) is 2.97. The highest BCUT2D eigenvalue weighted by Gasteiger charge is 2.22. The fraction of sp³-hybridized carbons (Fsp3) is 0.208. The summed E-state index contributed by atoms with van der Waals surface area (Å²) in [6, 6.07) is 15.1. The van der Waals surface area contributed by atoms with E-state index in [9.17, 15) is 9.59 Å². The Morgan fingerprint density at radius 2 is 2.06 bits per heavy atom. The normalized spacial score (nSPS) is 11.3. The Bertz CT molecular complexity index is 1170. The van der Waals surface area contributed by atoms with Crippen molar-refractivity contribution in [2.45, 2.75) is 19.1 Å². The SMILES string of the molecule is COc1cc(/C=N\NC(=O)[C@H](Cc2cnc[nH]2)NC(=O)OCc2ccccc2)ccc1OCC#N. The highest BCUT2D eigenvalue weighted by Crippen LogP contribution is 2.27. The summed E-state index contributed by atoms with van der Waals surface area (Å²) in [7, 11) is 1.47. The van der Waals surface area contributed by atoms with E-state index < -0.39 is 18.0 Å². The summed E-state index contributed by atoms with van der Waals surface area (Å²) in [5.41, 5.74) is 4.51. The molecular formula is C24H24N6O5. The van der Waals surface area contributed by atoms with Crippen LogP contribution >= 0.6 is 0 Å². The van der Waals surface area contributed by atoms with E-state index in [1.54, 1.807) is 24.4 Å². The molecule has 0 saturated carbocycles. The van der Waals surface area contributed by atoms with Crippen molar-refractivity contribution in [2.75, 3.05) is 13.7 Å². The maximum atomic E-state index is 12.8. The number of aromatic amines is 1. The Labute approximate surface area is 201 Å². The average Bonchev–Trinajstić information content (AvgIpc) is 3.40. The van der Waals surface area contributed by atoms with Crippen LogP contribution in [0.1, 0.15) is 16.8 Å². The predicted molar refractivity (Wildman–Crippen MR) is 126 cm³/mol. The smallest absolute Gasteiger partial charge is 0.408 e. The van der Waals surface area contributed by atoms with Crippen LogP contribution in [0.15, 0.2) is 66.2 Å². The van der Waals surface area contributed by atoms with Gasteiger partial charge in [-0.05, 0) is 29.3 Å². The van der Waals surface area contributed by atoms with Crippen molar-refractivity contribution in [1.82, 2.24) is 20.7 Å². The topological polar surface area (TPSA) is 151 Å². The van der Waals surface area contributed by atoms with E-state index in [0.29, 0.717) is 22.8 Å². The Hall–Kier alpha value is -4.85. The number of rotatable bonds is 11. The molecule has 3 N–H and O–H groups in total. The zero-order chi connectivity index (χ0) is 24.9. The lowest BCUT2D eigenvalue weighted by Gasteiger charge is -2.16. The lowest BCUT2D eigenvalue weighted by atomic mass is 10.1. The van der Waals surface area contributed by atoms with Crippen LogP contribution in [0.5, 0.6) is 11.5 Å². The Morgan fingerprint density at radius 3 is 2.77 bits per heavy atom.